The van der Waals surface area contributed by atoms with Gasteiger partial charge in [-0.05, 0) is 12.1 Å². The first-order chi connectivity index (χ1) is 14.2. The Morgan fingerprint density at radius 1 is 1.10 bits per heavy atom. The molecule has 0 N–H and O–H groups in total. The van der Waals surface area contributed by atoms with E-state index in [2.05, 4.69) is 9.88 Å². The molecule has 0 bridgehead atoms. The fraction of sp³-hybridized carbons (Fsp3) is 0.273. The number of anilines is 1. The Kier molecular flexibility index (Phi) is 5.71. The molecule has 3 aromatic rings. The molecule has 1 fully saturated rings. The first kappa shape index (κ1) is 19.3. The summed E-state index contributed by atoms with van der Waals surface area (Å²) < 4.78 is 7.22. The highest BCUT2D eigenvalue weighted by atomic mass is 35.5. The molecule has 0 radical (unpaired) electrons. The van der Waals surface area contributed by atoms with Gasteiger partial charge in [0.05, 0.1) is 12.1 Å². The molecular weight excluding hydrogens is 388 g/mol. The largest absolute Gasteiger partial charge is 0.495 e. The van der Waals surface area contributed by atoms with Gasteiger partial charge in [-0.1, -0.05) is 41.9 Å². The van der Waals surface area contributed by atoms with Crippen LogP contribution in [0.2, 0.25) is 5.02 Å². The number of carbonyl (C=O) groups is 1. The van der Waals surface area contributed by atoms with Crippen molar-refractivity contribution >= 4 is 23.2 Å². The second kappa shape index (κ2) is 8.57. The molecule has 1 amide bonds. The number of hydrogen-bond acceptors (Lipinski definition) is 4. The summed E-state index contributed by atoms with van der Waals surface area (Å²) in [5.74, 6) is 1.58. The molecule has 2 aromatic carbocycles. The Labute approximate surface area is 175 Å². The fourth-order valence-corrected chi connectivity index (χ4v) is 3.78. The summed E-state index contributed by atoms with van der Waals surface area (Å²) in [6.07, 6.45) is 3.60. The van der Waals surface area contributed by atoms with Crippen LogP contribution in [0.4, 0.5) is 5.69 Å². The lowest BCUT2D eigenvalue weighted by Crippen LogP contribution is -2.49. The van der Waals surface area contributed by atoms with E-state index in [1.54, 1.807) is 13.3 Å². The summed E-state index contributed by atoms with van der Waals surface area (Å²) in [6.45, 7) is 3.19. The van der Waals surface area contributed by atoms with Crippen molar-refractivity contribution in [3.05, 3.63) is 65.9 Å². The molecule has 7 heteroatoms. The predicted molar refractivity (Wildman–Crippen MR) is 114 cm³/mol. The maximum Gasteiger partial charge on any atom is 0.242 e. The molecular formula is C22H23ClN4O2. The number of ether oxygens (including phenoxy) is 1. The van der Waals surface area contributed by atoms with Gasteiger partial charge in [0.1, 0.15) is 18.1 Å². The van der Waals surface area contributed by atoms with Gasteiger partial charge in [-0.15, -0.1) is 0 Å². The van der Waals surface area contributed by atoms with E-state index >= 15 is 0 Å². The van der Waals surface area contributed by atoms with E-state index in [-0.39, 0.29) is 5.91 Å². The van der Waals surface area contributed by atoms with E-state index in [1.807, 2.05) is 64.2 Å². The Morgan fingerprint density at radius 2 is 1.86 bits per heavy atom. The van der Waals surface area contributed by atoms with Gasteiger partial charge < -0.3 is 19.1 Å². The van der Waals surface area contributed by atoms with Crippen molar-refractivity contribution in [3.8, 4) is 17.1 Å². The van der Waals surface area contributed by atoms with E-state index in [1.165, 1.54) is 0 Å². The minimum atomic E-state index is 0.105. The van der Waals surface area contributed by atoms with E-state index < -0.39 is 0 Å². The van der Waals surface area contributed by atoms with Crippen molar-refractivity contribution < 1.29 is 9.53 Å². The molecule has 0 spiro atoms. The number of methoxy groups -OCH3 is 1. The number of piperazine rings is 1. The molecule has 0 atom stereocenters. The molecule has 1 aliphatic heterocycles. The zero-order valence-corrected chi connectivity index (χ0v) is 17.0. The van der Waals surface area contributed by atoms with Gasteiger partial charge >= 0.3 is 0 Å². The molecule has 0 aliphatic carbocycles. The summed E-state index contributed by atoms with van der Waals surface area (Å²) in [5.41, 5.74) is 2.06. The maximum absolute atomic E-state index is 12.9. The van der Waals surface area contributed by atoms with Crippen molar-refractivity contribution in [2.24, 2.45) is 0 Å². The van der Waals surface area contributed by atoms with Crippen molar-refractivity contribution in [1.29, 1.82) is 0 Å². The zero-order chi connectivity index (χ0) is 20.2. The Morgan fingerprint density at radius 3 is 2.59 bits per heavy atom. The van der Waals surface area contributed by atoms with E-state index in [9.17, 15) is 4.79 Å². The van der Waals surface area contributed by atoms with Gasteiger partial charge in [-0.25, -0.2) is 4.98 Å². The van der Waals surface area contributed by atoms with Crippen LogP contribution >= 0.6 is 11.6 Å². The second-order valence-electron chi connectivity index (χ2n) is 6.93. The molecule has 29 heavy (non-hydrogen) atoms. The minimum Gasteiger partial charge on any atom is -0.495 e. The molecule has 2 heterocycles. The monoisotopic (exact) mass is 410 g/mol. The highest BCUT2D eigenvalue weighted by Gasteiger charge is 2.22. The fourth-order valence-electron chi connectivity index (χ4n) is 3.59. The van der Waals surface area contributed by atoms with Gasteiger partial charge in [-0.3, -0.25) is 4.79 Å². The van der Waals surface area contributed by atoms with Crippen LogP contribution in [0.15, 0.2) is 60.9 Å². The molecule has 6 nitrogen and oxygen atoms in total. The third-order valence-electron chi connectivity index (χ3n) is 5.19. The molecule has 150 valence electrons. The van der Waals surface area contributed by atoms with E-state index in [0.29, 0.717) is 30.4 Å². The molecule has 4 rings (SSSR count). The predicted octanol–water partition coefficient (Wildman–Crippen LogP) is 3.56. The van der Waals surface area contributed by atoms with E-state index in [0.717, 1.165) is 30.2 Å². The number of nitrogens with zero attached hydrogens (tertiary/aromatic N) is 4. The summed E-state index contributed by atoms with van der Waals surface area (Å²) >= 11 is 6.12. The average Bonchev–Trinajstić information content (AvgIpc) is 3.23. The summed E-state index contributed by atoms with van der Waals surface area (Å²) in [7, 11) is 1.61. The average molecular weight is 411 g/mol. The molecule has 0 unspecified atom stereocenters. The zero-order valence-electron chi connectivity index (χ0n) is 16.3. The number of halogens is 1. The van der Waals surface area contributed by atoms with E-state index in [4.69, 9.17) is 16.3 Å². The first-order valence-corrected chi connectivity index (χ1v) is 9.96. The Bertz CT molecular complexity index is 981. The molecule has 1 saturated heterocycles. The molecule has 1 aliphatic rings. The van der Waals surface area contributed by atoms with Crippen LogP contribution in [0.25, 0.3) is 11.4 Å². The van der Waals surface area contributed by atoms with Crippen LogP contribution in [0, 0.1) is 0 Å². The highest BCUT2D eigenvalue weighted by Crippen LogP contribution is 2.29. The third kappa shape index (κ3) is 4.22. The number of amides is 1. The maximum atomic E-state index is 12.9. The lowest BCUT2D eigenvalue weighted by molar-refractivity contribution is -0.132. The summed E-state index contributed by atoms with van der Waals surface area (Å²) in [6, 6.07) is 15.7. The van der Waals surface area contributed by atoms with Crippen LogP contribution in [0.1, 0.15) is 0 Å². The van der Waals surface area contributed by atoms with Crippen LogP contribution in [-0.2, 0) is 11.3 Å². The molecule has 0 saturated carbocycles. The topological polar surface area (TPSA) is 50.6 Å². The number of rotatable bonds is 5. The first-order valence-electron chi connectivity index (χ1n) is 9.58. The smallest absolute Gasteiger partial charge is 0.242 e. The van der Waals surface area contributed by atoms with Crippen molar-refractivity contribution in [2.75, 3.05) is 38.2 Å². The van der Waals surface area contributed by atoms with Gasteiger partial charge in [0, 0.05) is 55.9 Å². The summed E-state index contributed by atoms with van der Waals surface area (Å²) in [5, 5.41) is 0.597. The Hall–Kier alpha value is -2.99. The van der Waals surface area contributed by atoms with Gasteiger partial charge in [0.2, 0.25) is 5.91 Å². The number of benzene rings is 2. The van der Waals surface area contributed by atoms with Gasteiger partial charge in [0.25, 0.3) is 0 Å². The highest BCUT2D eigenvalue weighted by molar-refractivity contribution is 6.32. The normalized spacial score (nSPS) is 14.1. The van der Waals surface area contributed by atoms with Crippen LogP contribution in [0.5, 0.6) is 5.75 Å². The number of hydrogen-bond donors (Lipinski definition) is 0. The number of aromatic nitrogens is 2. The third-order valence-corrected chi connectivity index (χ3v) is 5.50. The Balaban J connectivity index is 1.39. The molecule has 1 aromatic heterocycles. The van der Waals surface area contributed by atoms with Crippen LogP contribution in [-0.4, -0.2) is 53.6 Å². The number of imidazole rings is 1. The summed E-state index contributed by atoms with van der Waals surface area (Å²) in [4.78, 5) is 21.4. The van der Waals surface area contributed by atoms with Gasteiger partial charge in [0.15, 0.2) is 0 Å². The standard InChI is InChI=1S/C22H23ClN4O2/c1-29-20-15-18(7-8-19(20)23)25-11-13-26(14-12-25)21(28)16-27-10-9-24-22(27)17-5-3-2-4-6-17/h2-10,15H,11-14,16H2,1H3. The van der Waals surface area contributed by atoms with Crippen molar-refractivity contribution in [3.63, 3.8) is 0 Å². The lowest BCUT2D eigenvalue weighted by atomic mass is 10.2. The van der Waals surface area contributed by atoms with Crippen molar-refractivity contribution in [1.82, 2.24) is 14.5 Å². The van der Waals surface area contributed by atoms with Crippen molar-refractivity contribution in [2.45, 2.75) is 6.54 Å². The second-order valence-corrected chi connectivity index (χ2v) is 7.34. The van der Waals surface area contributed by atoms with Crippen LogP contribution in [0.3, 0.4) is 0 Å². The lowest BCUT2D eigenvalue weighted by Gasteiger charge is -2.36. The minimum absolute atomic E-state index is 0.105. The SMILES string of the molecule is COc1cc(N2CCN(C(=O)Cn3ccnc3-c3ccccc3)CC2)ccc1Cl. The number of carbonyl (C=O) groups excluding carboxylic acids is 1. The quantitative estimate of drug-likeness (QED) is 0.645. The van der Waals surface area contributed by atoms with Gasteiger partial charge in [-0.2, -0.15) is 0 Å². The van der Waals surface area contributed by atoms with Crippen LogP contribution < -0.4 is 9.64 Å².